The molecule has 3 aromatic rings. The van der Waals surface area contributed by atoms with Crippen LogP contribution in [-0.2, 0) is 13.6 Å². The molecule has 0 saturated carbocycles. The Labute approximate surface area is 142 Å². The molecule has 0 aliphatic carbocycles. The van der Waals surface area contributed by atoms with Crippen molar-refractivity contribution in [1.82, 2.24) is 19.2 Å². The van der Waals surface area contributed by atoms with E-state index in [0.29, 0.717) is 5.52 Å². The van der Waals surface area contributed by atoms with Gasteiger partial charge >= 0.3 is 0 Å². The van der Waals surface area contributed by atoms with E-state index in [1.165, 1.54) is 0 Å². The number of rotatable bonds is 6. The fourth-order valence-electron chi connectivity index (χ4n) is 3.44. The molecular weight excluding hydrogens is 300 g/mol. The van der Waals surface area contributed by atoms with Crippen molar-refractivity contribution in [3.63, 3.8) is 0 Å². The number of nitrogens with zero attached hydrogens (tertiary/aromatic N) is 4. The minimum atomic E-state index is 0.0729. The van der Waals surface area contributed by atoms with E-state index < -0.39 is 0 Å². The van der Waals surface area contributed by atoms with E-state index in [4.69, 9.17) is 0 Å². The monoisotopic (exact) mass is 326 g/mol. The molecule has 0 amide bonds. The number of hydrogen-bond acceptors (Lipinski definition) is 3. The molecule has 128 valence electrons. The first-order valence-electron chi connectivity index (χ1n) is 8.74. The van der Waals surface area contributed by atoms with Crippen LogP contribution in [0.15, 0.2) is 29.2 Å². The van der Waals surface area contributed by atoms with Crippen LogP contribution in [0, 0.1) is 6.92 Å². The molecule has 0 aliphatic heterocycles. The molecule has 5 heteroatoms. The summed E-state index contributed by atoms with van der Waals surface area (Å²) in [5.41, 5.74) is 3.81. The van der Waals surface area contributed by atoms with Crippen LogP contribution in [0.5, 0.6) is 0 Å². The van der Waals surface area contributed by atoms with Crippen LogP contribution in [0.25, 0.3) is 21.9 Å². The SMILES string of the molecule is CCN(CC)CCCn1c2ccc(C)cc2c(=O)c2c1cnn2C. The topological polar surface area (TPSA) is 43.1 Å². The van der Waals surface area contributed by atoms with Gasteiger partial charge in [0.15, 0.2) is 0 Å². The average Bonchev–Trinajstić information content (AvgIpc) is 2.96. The minimum Gasteiger partial charge on any atom is -0.338 e. The number of aromatic nitrogens is 3. The first kappa shape index (κ1) is 16.7. The summed E-state index contributed by atoms with van der Waals surface area (Å²) in [5.74, 6) is 0. The van der Waals surface area contributed by atoms with Gasteiger partial charge in [-0.3, -0.25) is 9.48 Å². The Morgan fingerprint density at radius 3 is 2.62 bits per heavy atom. The molecule has 0 saturated heterocycles. The Balaban J connectivity index is 2.10. The first-order chi connectivity index (χ1) is 11.6. The Kier molecular flexibility index (Phi) is 4.71. The number of fused-ring (bicyclic) bond motifs is 2. The van der Waals surface area contributed by atoms with E-state index in [1.54, 1.807) is 4.68 Å². The number of hydrogen-bond donors (Lipinski definition) is 0. The largest absolute Gasteiger partial charge is 0.338 e. The smallest absolute Gasteiger partial charge is 0.215 e. The summed E-state index contributed by atoms with van der Waals surface area (Å²) in [6.07, 6.45) is 2.87. The Hall–Kier alpha value is -2.14. The molecular formula is C19H26N4O. The second kappa shape index (κ2) is 6.77. The van der Waals surface area contributed by atoms with Crippen molar-refractivity contribution in [1.29, 1.82) is 0 Å². The van der Waals surface area contributed by atoms with Gasteiger partial charge in [0.25, 0.3) is 0 Å². The van der Waals surface area contributed by atoms with E-state index >= 15 is 0 Å². The summed E-state index contributed by atoms with van der Waals surface area (Å²) in [7, 11) is 1.84. The van der Waals surface area contributed by atoms with E-state index in [0.717, 1.165) is 54.6 Å². The molecule has 0 unspecified atom stereocenters. The normalized spacial score (nSPS) is 11.9. The lowest BCUT2D eigenvalue weighted by Crippen LogP contribution is -2.25. The van der Waals surface area contributed by atoms with Crippen LogP contribution < -0.4 is 5.43 Å². The van der Waals surface area contributed by atoms with Gasteiger partial charge in [-0.1, -0.05) is 25.5 Å². The molecule has 0 bridgehead atoms. The first-order valence-corrected chi connectivity index (χ1v) is 8.74. The number of benzene rings is 1. The second-order valence-corrected chi connectivity index (χ2v) is 6.38. The van der Waals surface area contributed by atoms with E-state index in [-0.39, 0.29) is 5.43 Å². The molecule has 3 rings (SSSR count). The fourth-order valence-corrected chi connectivity index (χ4v) is 3.44. The van der Waals surface area contributed by atoms with E-state index in [9.17, 15) is 4.79 Å². The van der Waals surface area contributed by atoms with Gasteiger partial charge < -0.3 is 9.47 Å². The maximum atomic E-state index is 12.9. The van der Waals surface area contributed by atoms with Gasteiger partial charge in [-0.25, -0.2) is 0 Å². The third-order valence-electron chi connectivity index (χ3n) is 4.86. The molecule has 0 fully saturated rings. The quantitative estimate of drug-likeness (QED) is 0.699. The standard InChI is InChI=1S/C19H26N4O/c1-5-22(6-2)10-7-11-23-16-9-8-14(3)12-15(16)19(24)18-17(23)13-20-21(18)4/h8-9,12-13H,5-7,10-11H2,1-4H3. The molecule has 2 aromatic heterocycles. The van der Waals surface area contributed by atoms with Crippen molar-refractivity contribution in [2.75, 3.05) is 19.6 Å². The molecule has 2 heterocycles. The third-order valence-corrected chi connectivity index (χ3v) is 4.86. The van der Waals surface area contributed by atoms with Crippen LogP contribution >= 0.6 is 0 Å². The second-order valence-electron chi connectivity index (χ2n) is 6.38. The highest BCUT2D eigenvalue weighted by molar-refractivity contribution is 5.92. The lowest BCUT2D eigenvalue weighted by molar-refractivity contribution is 0.294. The van der Waals surface area contributed by atoms with Gasteiger partial charge in [0.2, 0.25) is 5.43 Å². The molecule has 0 radical (unpaired) electrons. The molecule has 0 spiro atoms. The minimum absolute atomic E-state index is 0.0729. The lowest BCUT2D eigenvalue weighted by Gasteiger charge is -2.19. The molecule has 0 N–H and O–H groups in total. The van der Waals surface area contributed by atoms with Crippen molar-refractivity contribution in [3.05, 3.63) is 40.2 Å². The zero-order chi connectivity index (χ0) is 17.3. The summed E-state index contributed by atoms with van der Waals surface area (Å²) in [6, 6.07) is 6.13. The summed E-state index contributed by atoms with van der Waals surface area (Å²) in [4.78, 5) is 15.3. The van der Waals surface area contributed by atoms with Gasteiger partial charge in [0, 0.05) is 19.0 Å². The predicted octanol–water partition coefficient (Wildman–Crippen LogP) is 2.93. The van der Waals surface area contributed by atoms with Crippen LogP contribution in [0.1, 0.15) is 25.8 Å². The van der Waals surface area contributed by atoms with Gasteiger partial charge in [-0.2, -0.15) is 5.10 Å². The Morgan fingerprint density at radius 2 is 1.92 bits per heavy atom. The maximum absolute atomic E-state index is 12.9. The average molecular weight is 326 g/mol. The molecule has 1 aromatic carbocycles. The highest BCUT2D eigenvalue weighted by Crippen LogP contribution is 2.20. The van der Waals surface area contributed by atoms with Crippen LogP contribution in [0.2, 0.25) is 0 Å². The predicted molar refractivity (Wildman–Crippen MR) is 99.6 cm³/mol. The Morgan fingerprint density at radius 1 is 1.17 bits per heavy atom. The highest BCUT2D eigenvalue weighted by atomic mass is 16.1. The van der Waals surface area contributed by atoms with Gasteiger partial charge in [0.1, 0.15) is 5.52 Å². The van der Waals surface area contributed by atoms with Crippen LogP contribution in [-0.4, -0.2) is 38.9 Å². The Bertz CT molecular complexity index is 918. The van der Waals surface area contributed by atoms with Crippen molar-refractivity contribution in [2.45, 2.75) is 33.7 Å². The summed E-state index contributed by atoms with van der Waals surface area (Å²) >= 11 is 0. The van der Waals surface area contributed by atoms with E-state index in [2.05, 4.69) is 40.5 Å². The van der Waals surface area contributed by atoms with Crippen molar-refractivity contribution in [2.24, 2.45) is 7.05 Å². The van der Waals surface area contributed by atoms with Crippen molar-refractivity contribution < 1.29 is 0 Å². The van der Waals surface area contributed by atoms with E-state index in [1.807, 2.05) is 26.2 Å². The summed E-state index contributed by atoms with van der Waals surface area (Å²) < 4.78 is 3.95. The molecule has 24 heavy (non-hydrogen) atoms. The zero-order valence-electron chi connectivity index (χ0n) is 15.0. The van der Waals surface area contributed by atoms with Gasteiger partial charge in [0.05, 0.1) is 17.2 Å². The number of pyridine rings is 1. The molecule has 0 aliphatic rings. The third kappa shape index (κ3) is 2.84. The zero-order valence-corrected chi connectivity index (χ0v) is 15.0. The van der Waals surface area contributed by atoms with Crippen molar-refractivity contribution >= 4 is 21.9 Å². The van der Waals surface area contributed by atoms with Gasteiger partial charge in [-0.05, 0) is 45.1 Å². The fraction of sp³-hybridized carbons (Fsp3) is 0.474. The van der Waals surface area contributed by atoms with Crippen LogP contribution in [0.4, 0.5) is 0 Å². The van der Waals surface area contributed by atoms with Crippen LogP contribution in [0.3, 0.4) is 0 Å². The van der Waals surface area contributed by atoms with Crippen molar-refractivity contribution in [3.8, 4) is 0 Å². The maximum Gasteiger partial charge on any atom is 0.215 e. The molecule has 5 nitrogen and oxygen atoms in total. The highest BCUT2D eigenvalue weighted by Gasteiger charge is 2.14. The van der Waals surface area contributed by atoms with Gasteiger partial charge in [-0.15, -0.1) is 0 Å². The lowest BCUT2D eigenvalue weighted by atomic mass is 10.1. The number of aryl methyl sites for hydroxylation is 3. The molecule has 0 atom stereocenters. The summed E-state index contributed by atoms with van der Waals surface area (Å²) in [5, 5.41) is 5.11. The summed E-state index contributed by atoms with van der Waals surface area (Å²) in [6.45, 7) is 10.5.